The number of unbranched alkanes of at least 4 members (excludes halogenated alkanes) is 14. The summed E-state index contributed by atoms with van der Waals surface area (Å²) in [5, 5.41) is 0. The summed E-state index contributed by atoms with van der Waals surface area (Å²) in [5.74, 6) is 5.47. The number of hydrazine groups is 1. The Balaban J connectivity index is 3.54. The van der Waals surface area contributed by atoms with Gasteiger partial charge < -0.3 is 4.90 Å². The van der Waals surface area contributed by atoms with Crippen molar-refractivity contribution in [1.82, 2.24) is 10.3 Å². The molecule has 0 unspecified atom stereocenters. The first kappa shape index (κ1) is 24.9. The van der Waals surface area contributed by atoms with E-state index in [4.69, 9.17) is 5.84 Å². The third kappa shape index (κ3) is 20.0. The standard InChI is InChI=1S/C22H49N3/c1-3-5-7-9-11-13-15-17-20-25(22-19-24-23)21-18-16-14-12-10-8-6-4-2/h24H,3-23H2,1-2H3. The summed E-state index contributed by atoms with van der Waals surface area (Å²) in [5.41, 5.74) is 2.82. The molecule has 0 aromatic rings. The van der Waals surface area contributed by atoms with Gasteiger partial charge in [-0.3, -0.25) is 11.3 Å². The average Bonchev–Trinajstić information content (AvgIpc) is 2.63. The molecule has 0 amide bonds. The molecule has 25 heavy (non-hydrogen) atoms. The Kier molecular flexibility index (Phi) is 21.8. The summed E-state index contributed by atoms with van der Waals surface area (Å²) in [4.78, 5) is 2.62. The average molecular weight is 356 g/mol. The number of nitrogens with two attached hydrogens (primary N) is 1. The van der Waals surface area contributed by atoms with Crippen molar-refractivity contribution in [2.24, 2.45) is 5.84 Å². The fourth-order valence-corrected chi connectivity index (χ4v) is 3.50. The Morgan fingerprint density at radius 2 is 0.880 bits per heavy atom. The van der Waals surface area contributed by atoms with Gasteiger partial charge in [0.15, 0.2) is 0 Å². The zero-order chi connectivity index (χ0) is 18.4. The van der Waals surface area contributed by atoms with Gasteiger partial charge in [0.2, 0.25) is 0 Å². The Bertz CT molecular complexity index is 213. The van der Waals surface area contributed by atoms with Crippen molar-refractivity contribution >= 4 is 0 Å². The quantitative estimate of drug-likeness (QED) is 0.150. The van der Waals surface area contributed by atoms with Crippen molar-refractivity contribution in [2.75, 3.05) is 26.2 Å². The normalized spacial score (nSPS) is 11.5. The van der Waals surface area contributed by atoms with Crippen LogP contribution in [0.1, 0.15) is 117 Å². The first-order valence-electron chi connectivity index (χ1n) is 11.5. The van der Waals surface area contributed by atoms with Crippen molar-refractivity contribution in [3.05, 3.63) is 0 Å². The summed E-state index contributed by atoms with van der Waals surface area (Å²) < 4.78 is 0. The number of hydrogen-bond acceptors (Lipinski definition) is 3. The second-order valence-corrected chi connectivity index (χ2v) is 7.75. The molecular formula is C22H49N3. The van der Waals surface area contributed by atoms with E-state index in [0.717, 1.165) is 13.1 Å². The molecule has 3 heteroatoms. The van der Waals surface area contributed by atoms with Crippen LogP contribution in [0, 0.1) is 0 Å². The minimum Gasteiger partial charge on any atom is -0.302 e. The predicted octanol–water partition coefficient (Wildman–Crippen LogP) is 6.03. The van der Waals surface area contributed by atoms with Gasteiger partial charge in [-0.15, -0.1) is 0 Å². The van der Waals surface area contributed by atoms with Crippen LogP contribution in [-0.2, 0) is 0 Å². The van der Waals surface area contributed by atoms with Gasteiger partial charge in [0.1, 0.15) is 0 Å². The molecule has 0 heterocycles. The SMILES string of the molecule is CCCCCCCCCCN(CCCCCCCCCC)CCNN. The largest absolute Gasteiger partial charge is 0.302 e. The van der Waals surface area contributed by atoms with Crippen LogP contribution in [0.5, 0.6) is 0 Å². The second kappa shape index (κ2) is 21.9. The molecule has 0 rings (SSSR count). The van der Waals surface area contributed by atoms with Gasteiger partial charge in [-0.1, -0.05) is 104 Å². The van der Waals surface area contributed by atoms with Crippen molar-refractivity contribution in [1.29, 1.82) is 0 Å². The lowest BCUT2D eigenvalue weighted by Gasteiger charge is -2.22. The lowest BCUT2D eigenvalue weighted by atomic mass is 10.1. The molecule has 0 atom stereocenters. The Morgan fingerprint density at radius 3 is 1.24 bits per heavy atom. The van der Waals surface area contributed by atoms with E-state index in [9.17, 15) is 0 Å². The second-order valence-electron chi connectivity index (χ2n) is 7.75. The molecule has 0 aliphatic heterocycles. The molecule has 0 aromatic heterocycles. The fraction of sp³-hybridized carbons (Fsp3) is 1.00. The van der Waals surface area contributed by atoms with Crippen molar-refractivity contribution < 1.29 is 0 Å². The number of rotatable bonds is 21. The van der Waals surface area contributed by atoms with E-state index >= 15 is 0 Å². The smallest absolute Gasteiger partial charge is 0.0225 e. The maximum atomic E-state index is 5.47. The van der Waals surface area contributed by atoms with Gasteiger partial charge in [0.05, 0.1) is 0 Å². The highest BCUT2D eigenvalue weighted by atomic mass is 15.2. The molecule has 0 aliphatic rings. The number of hydrogen-bond donors (Lipinski definition) is 2. The minimum absolute atomic E-state index is 0.911. The summed E-state index contributed by atoms with van der Waals surface area (Å²) in [7, 11) is 0. The summed E-state index contributed by atoms with van der Waals surface area (Å²) in [6.07, 6.45) is 22.5. The van der Waals surface area contributed by atoms with E-state index in [-0.39, 0.29) is 0 Å². The summed E-state index contributed by atoms with van der Waals surface area (Å²) in [6.45, 7) is 9.10. The van der Waals surface area contributed by atoms with E-state index < -0.39 is 0 Å². The lowest BCUT2D eigenvalue weighted by molar-refractivity contribution is 0.260. The Labute approximate surface area is 159 Å². The maximum Gasteiger partial charge on any atom is 0.0225 e. The zero-order valence-electron chi connectivity index (χ0n) is 17.7. The summed E-state index contributed by atoms with van der Waals surface area (Å²) in [6, 6.07) is 0. The fourth-order valence-electron chi connectivity index (χ4n) is 3.50. The highest BCUT2D eigenvalue weighted by Gasteiger charge is 2.04. The lowest BCUT2D eigenvalue weighted by Crippen LogP contribution is -2.36. The van der Waals surface area contributed by atoms with Gasteiger partial charge >= 0.3 is 0 Å². The zero-order valence-corrected chi connectivity index (χ0v) is 17.7. The molecule has 0 spiro atoms. The van der Waals surface area contributed by atoms with Crippen LogP contribution < -0.4 is 11.3 Å². The van der Waals surface area contributed by atoms with Crippen molar-refractivity contribution in [2.45, 2.75) is 117 Å². The van der Waals surface area contributed by atoms with Crippen molar-refractivity contribution in [3.8, 4) is 0 Å². The molecule has 0 saturated heterocycles. The summed E-state index contributed by atoms with van der Waals surface area (Å²) >= 11 is 0. The maximum absolute atomic E-state index is 5.47. The van der Waals surface area contributed by atoms with E-state index in [1.807, 2.05) is 0 Å². The van der Waals surface area contributed by atoms with Gasteiger partial charge in [-0.25, -0.2) is 0 Å². The van der Waals surface area contributed by atoms with Crippen LogP contribution in [0.3, 0.4) is 0 Å². The monoisotopic (exact) mass is 355 g/mol. The third-order valence-corrected chi connectivity index (χ3v) is 5.23. The molecule has 0 bridgehead atoms. The number of nitrogens with zero attached hydrogens (tertiary/aromatic N) is 1. The molecule has 0 saturated carbocycles. The Hall–Kier alpha value is -0.120. The van der Waals surface area contributed by atoms with Gasteiger partial charge in [-0.05, 0) is 25.9 Å². The van der Waals surface area contributed by atoms with E-state index in [1.54, 1.807) is 0 Å². The van der Waals surface area contributed by atoms with Gasteiger partial charge in [-0.2, -0.15) is 0 Å². The van der Waals surface area contributed by atoms with Crippen LogP contribution in [0.4, 0.5) is 0 Å². The minimum atomic E-state index is 0.911. The highest BCUT2D eigenvalue weighted by molar-refractivity contribution is 4.60. The first-order valence-corrected chi connectivity index (χ1v) is 11.5. The molecular weight excluding hydrogens is 306 g/mol. The van der Waals surface area contributed by atoms with Crippen LogP contribution in [0.25, 0.3) is 0 Å². The van der Waals surface area contributed by atoms with Crippen LogP contribution in [0.2, 0.25) is 0 Å². The molecule has 0 aromatic carbocycles. The molecule has 152 valence electrons. The highest BCUT2D eigenvalue weighted by Crippen LogP contribution is 2.11. The molecule has 0 radical (unpaired) electrons. The van der Waals surface area contributed by atoms with E-state index in [2.05, 4.69) is 24.2 Å². The van der Waals surface area contributed by atoms with E-state index in [1.165, 1.54) is 116 Å². The van der Waals surface area contributed by atoms with Gasteiger partial charge in [0.25, 0.3) is 0 Å². The molecule has 0 aliphatic carbocycles. The predicted molar refractivity (Wildman–Crippen MR) is 114 cm³/mol. The molecule has 3 nitrogen and oxygen atoms in total. The van der Waals surface area contributed by atoms with Crippen LogP contribution >= 0.6 is 0 Å². The van der Waals surface area contributed by atoms with Crippen LogP contribution in [-0.4, -0.2) is 31.1 Å². The van der Waals surface area contributed by atoms with Crippen molar-refractivity contribution in [3.63, 3.8) is 0 Å². The molecule has 0 fully saturated rings. The topological polar surface area (TPSA) is 41.3 Å². The Morgan fingerprint density at radius 1 is 0.520 bits per heavy atom. The van der Waals surface area contributed by atoms with Crippen LogP contribution in [0.15, 0.2) is 0 Å². The molecule has 3 N–H and O–H groups in total. The number of nitrogens with one attached hydrogen (secondary N) is 1. The van der Waals surface area contributed by atoms with Gasteiger partial charge in [0, 0.05) is 13.1 Å². The van der Waals surface area contributed by atoms with E-state index in [0.29, 0.717) is 0 Å². The first-order chi connectivity index (χ1) is 12.3. The third-order valence-electron chi connectivity index (χ3n) is 5.23.